The topological polar surface area (TPSA) is 25.8 Å². The molecule has 2 nitrogen and oxygen atoms in total. The molecule has 0 atom stereocenters. The van der Waals surface area contributed by atoms with Crippen molar-refractivity contribution in [3.05, 3.63) is 47.9 Å². The fraction of sp³-hybridized carbons (Fsp3) is 0.167. The average molecular weight is 263 g/mol. The zero-order chi connectivity index (χ0) is 10.7. The van der Waals surface area contributed by atoms with Gasteiger partial charge in [0.05, 0.1) is 11.0 Å². The summed E-state index contributed by atoms with van der Waals surface area (Å²) in [4.78, 5) is 8.58. The molecule has 0 saturated heterocycles. The molecule has 0 unspecified atom stereocenters. The predicted octanol–water partition coefficient (Wildman–Crippen LogP) is 3.35. The lowest BCUT2D eigenvalue weighted by molar-refractivity contribution is 1.05. The third-order valence-electron chi connectivity index (χ3n) is 2.17. The number of benzene rings is 1. The summed E-state index contributed by atoms with van der Waals surface area (Å²) in [6.07, 6.45) is 1.79. The Bertz CT molecular complexity index is 451. The number of aromatic nitrogens is 2. The van der Waals surface area contributed by atoms with Gasteiger partial charge in [-0.05, 0) is 13.0 Å². The molecular weight excluding hydrogens is 252 g/mol. The van der Waals surface area contributed by atoms with Crippen LogP contribution in [0, 0.1) is 6.92 Å². The quantitative estimate of drug-likeness (QED) is 0.776. The summed E-state index contributed by atoms with van der Waals surface area (Å²) in [5.74, 6) is 0.813. The highest BCUT2D eigenvalue weighted by Gasteiger charge is 2.00. The second kappa shape index (κ2) is 4.53. The van der Waals surface area contributed by atoms with Gasteiger partial charge in [-0.3, -0.25) is 0 Å². The maximum atomic E-state index is 4.43. The van der Waals surface area contributed by atoms with Crippen molar-refractivity contribution >= 4 is 15.9 Å². The number of hydrogen-bond acceptors (Lipinski definition) is 2. The molecule has 0 amide bonds. The highest BCUT2D eigenvalue weighted by molar-refractivity contribution is 9.08. The molecule has 0 bridgehead atoms. The van der Waals surface area contributed by atoms with E-state index in [1.807, 2.05) is 6.07 Å². The van der Waals surface area contributed by atoms with Gasteiger partial charge < -0.3 is 0 Å². The first kappa shape index (κ1) is 10.3. The van der Waals surface area contributed by atoms with Gasteiger partial charge in [0.1, 0.15) is 5.82 Å². The Morgan fingerprint density at radius 1 is 1.13 bits per heavy atom. The van der Waals surface area contributed by atoms with E-state index in [0.29, 0.717) is 5.33 Å². The summed E-state index contributed by atoms with van der Waals surface area (Å²) in [7, 11) is 0. The monoisotopic (exact) mass is 262 g/mol. The number of nitrogens with zero attached hydrogens (tertiary/aromatic N) is 2. The second-order valence-corrected chi connectivity index (χ2v) is 3.92. The Labute approximate surface area is 97.5 Å². The maximum absolute atomic E-state index is 4.43. The Hall–Kier alpha value is -1.22. The van der Waals surface area contributed by atoms with Crippen LogP contribution in [0.2, 0.25) is 0 Å². The standard InChI is InChI=1S/C12H11BrN2/c1-9-2-4-10(5-3-9)11-6-7-14-12(8-13)15-11/h2-7H,8H2,1H3. The molecule has 0 spiro atoms. The molecule has 1 heterocycles. The first-order valence-electron chi connectivity index (χ1n) is 4.74. The van der Waals surface area contributed by atoms with E-state index in [0.717, 1.165) is 17.1 Å². The van der Waals surface area contributed by atoms with Crippen molar-refractivity contribution in [2.75, 3.05) is 0 Å². The third kappa shape index (κ3) is 2.42. The van der Waals surface area contributed by atoms with E-state index < -0.39 is 0 Å². The van der Waals surface area contributed by atoms with Gasteiger partial charge in [0.15, 0.2) is 0 Å². The van der Waals surface area contributed by atoms with E-state index in [-0.39, 0.29) is 0 Å². The molecule has 0 aliphatic rings. The summed E-state index contributed by atoms with van der Waals surface area (Å²) >= 11 is 3.35. The molecule has 2 aromatic rings. The van der Waals surface area contributed by atoms with E-state index in [1.165, 1.54) is 5.56 Å². The molecule has 0 N–H and O–H groups in total. The van der Waals surface area contributed by atoms with Crippen LogP contribution in [0.5, 0.6) is 0 Å². The second-order valence-electron chi connectivity index (χ2n) is 3.36. The minimum absolute atomic E-state index is 0.687. The Morgan fingerprint density at radius 2 is 1.87 bits per heavy atom. The zero-order valence-electron chi connectivity index (χ0n) is 8.44. The third-order valence-corrected chi connectivity index (χ3v) is 2.67. The van der Waals surface area contributed by atoms with Crippen molar-refractivity contribution in [3.8, 4) is 11.3 Å². The van der Waals surface area contributed by atoms with Crippen molar-refractivity contribution in [1.82, 2.24) is 9.97 Å². The molecule has 0 saturated carbocycles. The first-order valence-corrected chi connectivity index (χ1v) is 5.86. The van der Waals surface area contributed by atoms with Crippen LogP contribution in [0.4, 0.5) is 0 Å². The van der Waals surface area contributed by atoms with Crippen LogP contribution in [0.15, 0.2) is 36.5 Å². The van der Waals surface area contributed by atoms with Crippen molar-refractivity contribution in [3.63, 3.8) is 0 Å². The highest BCUT2D eigenvalue weighted by atomic mass is 79.9. The van der Waals surface area contributed by atoms with Gasteiger partial charge in [0.25, 0.3) is 0 Å². The molecule has 76 valence electrons. The van der Waals surface area contributed by atoms with E-state index in [9.17, 15) is 0 Å². The molecular formula is C12H11BrN2. The van der Waals surface area contributed by atoms with Gasteiger partial charge in [0, 0.05) is 11.8 Å². The lowest BCUT2D eigenvalue weighted by atomic mass is 10.1. The average Bonchev–Trinajstić information content (AvgIpc) is 2.30. The number of aryl methyl sites for hydroxylation is 1. The number of rotatable bonds is 2. The molecule has 15 heavy (non-hydrogen) atoms. The van der Waals surface area contributed by atoms with Crippen LogP contribution in [0.25, 0.3) is 11.3 Å². The Morgan fingerprint density at radius 3 is 2.53 bits per heavy atom. The number of halogens is 1. The summed E-state index contributed by atoms with van der Waals surface area (Å²) in [5.41, 5.74) is 3.36. The van der Waals surface area contributed by atoms with Gasteiger partial charge in [-0.2, -0.15) is 0 Å². The van der Waals surface area contributed by atoms with Crippen LogP contribution < -0.4 is 0 Å². The SMILES string of the molecule is Cc1ccc(-c2ccnc(CBr)n2)cc1. The van der Waals surface area contributed by atoms with E-state index in [1.54, 1.807) is 6.20 Å². The fourth-order valence-corrected chi connectivity index (χ4v) is 1.62. The molecule has 3 heteroatoms. The lowest BCUT2D eigenvalue weighted by Gasteiger charge is -2.02. The van der Waals surface area contributed by atoms with E-state index in [2.05, 4.69) is 57.1 Å². The molecule has 0 aliphatic heterocycles. The predicted molar refractivity (Wildman–Crippen MR) is 64.8 cm³/mol. The minimum Gasteiger partial charge on any atom is -0.240 e. The summed E-state index contributed by atoms with van der Waals surface area (Å²) in [6, 6.07) is 10.3. The molecule has 0 radical (unpaired) electrons. The first-order chi connectivity index (χ1) is 7.29. The van der Waals surface area contributed by atoms with Gasteiger partial charge >= 0.3 is 0 Å². The lowest BCUT2D eigenvalue weighted by Crippen LogP contribution is -1.92. The van der Waals surface area contributed by atoms with Crippen LogP contribution >= 0.6 is 15.9 Å². The van der Waals surface area contributed by atoms with Crippen molar-refractivity contribution in [2.24, 2.45) is 0 Å². The fourth-order valence-electron chi connectivity index (χ4n) is 1.35. The Balaban J connectivity index is 2.40. The largest absolute Gasteiger partial charge is 0.240 e. The van der Waals surface area contributed by atoms with Crippen LogP contribution in [0.3, 0.4) is 0 Å². The van der Waals surface area contributed by atoms with Crippen molar-refractivity contribution < 1.29 is 0 Å². The summed E-state index contributed by atoms with van der Waals surface area (Å²) < 4.78 is 0. The van der Waals surface area contributed by atoms with Crippen LogP contribution in [0.1, 0.15) is 11.4 Å². The number of hydrogen-bond donors (Lipinski definition) is 0. The maximum Gasteiger partial charge on any atom is 0.139 e. The van der Waals surface area contributed by atoms with Gasteiger partial charge in [-0.25, -0.2) is 9.97 Å². The zero-order valence-corrected chi connectivity index (χ0v) is 10.0. The highest BCUT2D eigenvalue weighted by Crippen LogP contribution is 2.17. The smallest absolute Gasteiger partial charge is 0.139 e. The van der Waals surface area contributed by atoms with Crippen molar-refractivity contribution in [1.29, 1.82) is 0 Å². The van der Waals surface area contributed by atoms with Gasteiger partial charge in [-0.1, -0.05) is 45.8 Å². The Kier molecular flexibility index (Phi) is 3.11. The van der Waals surface area contributed by atoms with Gasteiger partial charge in [0.2, 0.25) is 0 Å². The molecule has 0 fully saturated rings. The van der Waals surface area contributed by atoms with E-state index in [4.69, 9.17) is 0 Å². The molecule has 0 aliphatic carbocycles. The molecule has 2 rings (SSSR count). The van der Waals surface area contributed by atoms with Crippen LogP contribution in [-0.4, -0.2) is 9.97 Å². The van der Waals surface area contributed by atoms with Gasteiger partial charge in [-0.15, -0.1) is 0 Å². The van der Waals surface area contributed by atoms with Crippen molar-refractivity contribution in [2.45, 2.75) is 12.3 Å². The normalized spacial score (nSPS) is 10.3. The summed E-state index contributed by atoms with van der Waals surface area (Å²) in [5, 5.41) is 0.687. The molecule has 1 aromatic heterocycles. The molecule has 1 aromatic carbocycles. The van der Waals surface area contributed by atoms with E-state index >= 15 is 0 Å². The summed E-state index contributed by atoms with van der Waals surface area (Å²) in [6.45, 7) is 2.08. The number of alkyl halides is 1. The minimum atomic E-state index is 0.687. The van der Waals surface area contributed by atoms with Crippen LogP contribution in [-0.2, 0) is 5.33 Å².